The number of halogens is 1. The summed E-state index contributed by atoms with van der Waals surface area (Å²) < 4.78 is 0.870. The molecule has 0 saturated carbocycles. The van der Waals surface area contributed by atoms with Crippen LogP contribution in [0, 0.1) is 18.3 Å². The van der Waals surface area contributed by atoms with Crippen LogP contribution in [-0.4, -0.2) is 17.1 Å². The molecule has 1 aliphatic rings. The summed E-state index contributed by atoms with van der Waals surface area (Å²) in [5.41, 5.74) is 3.25. The fraction of sp³-hybridized carbons (Fsp3) is 0.115. The Hall–Kier alpha value is -3.34. The third-order valence-electron chi connectivity index (χ3n) is 5.13. The van der Waals surface area contributed by atoms with Crippen molar-refractivity contribution in [1.82, 2.24) is 0 Å². The fourth-order valence-corrected chi connectivity index (χ4v) is 5.15. The van der Waals surface area contributed by atoms with Gasteiger partial charge in [0.05, 0.1) is 5.25 Å². The van der Waals surface area contributed by atoms with Crippen LogP contribution in [0.1, 0.15) is 11.1 Å². The number of nitrogens with zero attached hydrogens (tertiary/aromatic N) is 2. The standard InChI is InChI=1S/C26H20BrN3O2S/c1-17-6-5-7-18(14-17)15-23-25(32)30(21-12-10-19(27)11-13-21)26(33-23)22(16-28)24(31)29-20-8-3-2-4-9-20/h2-14,23H,15H2,1H3,(H,29,31)/b26-22-. The molecule has 5 nitrogen and oxygen atoms in total. The van der Waals surface area contributed by atoms with E-state index in [1.54, 1.807) is 36.4 Å². The van der Waals surface area contributed by atoms with Crippen LogP contribution >= 0.6 is 27.7 Å². The molecule has 1 unspecified atom stereocenters. The van der Waals surface area contributed by atoms with Gasteiger partial charge in [-0.25, -0.2) is 0 Å². The van der Waals surface area contributed by atoms with Gasteiger partial charge in [0.25, 0.3) is 5.91 Å². The highest BCUT2D eigenvalue weighted by Gasteiger charge is 2.40. The van der Waals surface area contributed by atoms with Crippen molar-refractivity contribution in [2.45, 2.75) is 18.6 Å². The highest BCUT2D eigenvalue weighted by Crippen LogP contribution is 2.42. The van der Waals surface area contributed by atoms with Crippen LogP contribution < -0.4 is 10.2 Å². The first-order chi connectivity index (χ1) is 16.0. The number of benzene rings is 3. The minimum atomic E-state index is -0.544. The molecule has 1 N–H and O–H groups in total. The molecule has 0 bridgehead atoms. The van der Waals surface area contributed by atoms with Crippen LogP contribution in [-0.2, 0) is 16.0 Å². The molecular formula is C26H20BrN3O2S. The Morgan fingerprint density at radius 2 is 1.82 bits per heavy atom. The van der Waals surface area contributed by atoms with E-state index in [-0.39, 0.29) is 11.5 Å². The molecule has 1 atom stereocenters. The summed E-state index contributed by atoms with van der Waals surface area (Å²) in [6, 6.07) is 26.2. The van der Waals surface area contributed by atoms with E-state index in [0.717, 1.165) is 15.6 Å². The first-order valence-electron chi connectivity index (χ1n) is 10.3. The lowest BCUT2D eigenvalue weighted by molar-refractivity contribution is -0.117. The van der Waals surface area contributed by atoms with Crippen molar-refractivity contribution in [1.29, 1.82) is 5.26 Å². The number of aryl methyl sites for hydroxylation is 1. The second kappa shape index (κ2) is 10.1. The van der Waals surface area contributed by atoms with Crippen molar-refractivity contribution in [2.24, 2.45) is 0 Å². The summed E-state index contributed by atoms with van der Waals surface area (Å²) in [6.07, 6.45) is 0.501. The highest BCUT2D eigenvalue weighted by atomic mass is 79.9. The number of carbonyl (C=O) groups excluding carboxylic acids is 2. The quantitative estimate of drug-likeness (QED) is 0.341. The Kier molecular flexibility index (Phi) is 6.97. The van der Waals surface area contributed by atoms with Gasteiger partial charge in [-0.1, -0.05) is 75.7 Å². The number of nitriles is 1. The van der Waals surface area contributed by atoms with Gasteiger partial charge in [-0.15, -0.1) is 0 Å². The van der Waals surface area contributed by atoms with Gasteiger partial charge in [-0.3, -0.25) is 14.5 Å². The molecule has 3 aromatic rings. The van der Waals surface area contributed by atoms with Crippen molar-refractivity contribution in [3.63, 3.8) is 0 Å². The van der Waals surface area contributed by atoms with E-state index in [4.69, 9.17) is 0 Å². The maximum atomic E-state index is 13.5. The SMILES string of the molecule is Cc1cccc(CC2S/C(=C(/C#N)C(=O)Nc3ccccc3)N(c3ccc(Br)cc3)C2=O)c1. The minimum Gasteiger partial charge on any atom is -0.321 e. The maximum Gasteiger partial charge on any atom is 0.269 e. The number of hydrogen-bond acceptors (Lipinski definition) is 4. The Balaban J connectivity index is 1.73. The van der Waals surface area contributed by atoms with Crippen molar-refractivity contribution in [3.8, 4) is 6.07 Å². The molecule has 33 heavy (non-hydrogen) atoms. The van der Waals surface area contributed by atoms with Gasteiger partial charge in [0.1, 0.15) is 16.7 Å². The summed E-state index contributed by atoms with van der Waals surface area (Å²) in [4.78, 5) is 28.0. The van der Waals surface area contributed by atoms with Crippen LogP contribution in [0.5, 0.6) is 0 Å². The molecule has 2 amide bonds. The van der Waals surface area contributed by atoms with Crippen molar-refractivity contribution >= 4 is 50.9 Å². The first kappa shape index (κ1) is 22.8. The van der Waals surface area contributed by atoms with Gasteiger partial charge in [0.15, 0.2) is 0 Å². The second-order valence-corrected chi connectivity index (χ2v) is 9.67. The van der Waals surface area contributed by atoms with E-state index in [0.29, 0.717) is 22.8 Å². The van der Waals surface area contributed by atoms with Crippen LogP contribution in [0.4, 0.5) is 11.4 Å². The number of para-hydroxylation sites is 1. The van der Waals surface area contributed by atoms with Crippen molar-refractivity contribution in [2.75, 3.05) is 10.2 Å². The van der Waals surface area contributed by atoms with Gasteiger partial charge in [-0.2, -0.15) is 5.26 Å². The third kappa shape index (κ3) is 5.19. The Morgan fingerprint density at radius 1 is 1.09 bits per heavy atom. The van der Waals surface area contributed by atoms with Crippen LogP contribution in [0.3, 0.4) is 0 Å². The molecule has 0 spiro atoms. The summed E-state index contributed by atoms with van der Waals surface area (Å²) in [6.45, 7) is 2.01. The Morgan fingerprint density at radius 3 is 2.48 bits per heavy atom. The summed E-state index contributed by atoms with van der Waals surface area (Å²) >= 11 is 4.67. The first-order valence-corrected chi connectivity index (χ1v) is 12.0. The van der Waals surface area contributed by atoms with E-state index in [2.05, 4.69) is 21.2 Å². The highest BCUT2D eigenvalue weighted by molar-refractivity contribution is 9.10. The van der Waals surface area contributed by atoms with Crippen molar-refractivity contribution in [3.05, 3.63) is 105 Å². The number of thioether (sulfide) groups is 1. The number of carbonyl (C=O) groups is 2. The largest absolute Gasteiger partial charge is 0.321 e. The maximum absolute atomic E-state index is 13.5. The van der Waals surface area contributed by atoms with Gasteiger partial charge >= 0.3 is 0 Å². The Labute approximate surface area is 205 Å². The van der Waals surface area contributed by atoms with E-state index in [9.17, 15) is 14.9 Å². The lowest BCUT2D eigenvalue weighted by atomic mass is 10.1. The lowest BCUT2D eigenvalue weighted by Gasteiger charge is -2.19. The zero-order valence-corrected chi connectivity index (χ0v) is 20.2. The number of amides is 2. The summed E-state index contributed by atoms with van der Waals surface area (Å²) in [5.74, 6) is -0.698. The zero-order valence-electron chi connectivity index (χ0n) is 17.8. The normalized spacial score (nSPS) is 16.9. The smallest absolute Gasteiger partial charge is 0.269 e. The lowest BCUT2D eigenvalue weighted by Crippen LogP contribution is -2.30. The van der Waals surface area contributed by atoms with Crippen molar-refractivity contribution < 1.29 is 9.59 Å². The van der Waals surface area contributed by atoms with E-state index in [1.165, 1.54) is 16.7 Å². The molecule has 3 aromatic carbocycles. The van der Waals surface area contributed by atoms with E-state index < -0.39 is 11.2 Å². The fourth-order valence-electron chi connectivity index (χ4n) is 3.58. The molecule has 1 fully saturated rings. The van der Waals surface area contributed by atoms with E-state index >= 15 is 0 Å². The monoisotopic (exact) mass is 517 g/mol. The topological polar surface area (TPSA) is 73.2 Å². The molecule has 7 heteroatoms. The molecule has 1 heterocycles. The van der Waals surface area contributed by atoms with Gasteiger partial charge in [0.2, 0.25) is 5.91 Å². The molecule has 0 aromatic heterocycles. The number of nitrogens with one attached hydrogen (secondary N) is 1. The van der Waals surface area contributed by atoms with Crippen LogP contribution in [0.25, 0.3) is 0 Å². The minimum absolute atomic E-state index is 0.0909. The average molecular weight is 518 g/mol. The Bertz CT molecular complexity index is 1270. The average Bonchev–Trinajstić information content (AvgIpc) is 3.11. The molecule has 0 radical (unpaired) electrons. The predicted octanol–water partition coefficient (Wildman–Crippen LogP) is 5.82. The molecule has 0 aliphatic carbocycles. The van der Waals surface area contributed by atoms with E-state index in [1.807, 2.05) is 55.5 Å². The number of anilines is 2. The zero-order chi connectivity index (χ0) is 23.4. The summed E-state index contributed by atoms with van der Waals surface area (Å²) in [5, 5.41) is 12.6. The molecule has 4 rings (SSSR count). The third-order valence-corrected chi connectivity index (χ3v) is 6.92. The molecule has 164 valence electrons. The molecule has 1 aliphatic heterocycles. The van der Waals surface area contributed by atoms with Gasteiger partial charge in [0, 0.05) is 15.8 Å². The number of hydrogen-bond donors (Lipinski definition) is 1. The predicted molar refractivity (Wildman–Crippen MR) is 136 cm³/mol. The summed E-state index contributed by atoms with van der Waals surface area (Å²) in [7, 11) is 0. The second-order valence-electron chi connectivity index (χ2n) is 7.56. The van der Waals surface area contributed by atoms with Gasteiger partial charge in [-0.05, 0) is 55.3 Å². The number of rotatable bonds is 5. The molecular weight excluding hydrogens is 498 g/mol. The van der Waals surface area contributed by atoms with Gasteiger partial charge < -0.3 is 5.32 Å². The van der Waals surface area contributed by atoms with Crippen LogP contribution in [0.2, 0.25) is 0 Å². The molecule has 1 saturated heterocycles. The van der Waals surface area contributed by atoms with Crippen LogP contribution in [0.15, 0.2) is 93.9 Å².